The van der Waals surface area contributed by atoms with Gasteiger partial charge in [0.05, 0.1) is 22.4 Å². The molecule has 0 aliphatic rings. The van der Waals surface area contributed by atoms with Crippen LogP contribution in [0.1, 0.15) is 0 Å². The zero-order chi connectivity index (χ0) is 20.8. The van der Waals surface area contributed by atoms with Crippen LogP contribution < -0.4 is 5.69 Å². The minimum atomic E-state index is -0.0389. The first kappa shape index (κ1) is 18.6. The quantitative estimate of drug-likeness (QED) is 0.395. The van der Waals surface area contributed by atoms with Crippen LogP contribution in [-0.4, -0.2) is 19.1 Å². The van der Waals surface area contributed by atoms with Crippen LogP contribution in [0, 0.1) is 0 Å². The van der Waals surface area contributed by atoms with Gasteiger partial charge in [0.1, 0.15) is 5.82 Å². The molecule has 0 aliphatic heterocycles. The maximum Gasteiger partial charge on any atom is 0.328 e. The molecule has 148 valence electrons. The summed E-state index contributed by atoms with van der Waals surface area (Å²) >= 11 is 3.49. The largest absolute Gasteiger partial charge is 0.337 e. The second-order valence-corrected chi connectivity index (χ2v) is 8.20. The van der Waals surface area contributed by atoms with Crippen molar-refractivity contribution < 1.29 is 0 Å². The summed E-state index contributed by atoms with van der Waals surface area (Å²) in [5, 5.41) is 0. The van der Waals surface area contributed by atoms with Gasteiger partial charge in [0.15, 0.2) is 0 Å². The number of hydrogen-bond donors (Lipinski definition) is 1. The fourth-order valence-corrected chi connectivity index (χ4v) is 4.06. The van der Waals surface area contributed by atoms with E-state index in [0.29, 0.717) is 0 Å². The predicted molar refractivity (Wildman–Crippen MR) is 124 cm³/mol. The van der Waals surface area contributed by atoms with Crippen molar-refractivity contribution in [2.75, 3.05) is 0 Å². The van der Waals surface area contributed by atoms with Gasteiger partial charge in [-0.25, -0.2) is 9.78 Å². The van der Waals surface area contributed by atoms with E-state index in [4.69, 9.17) is 4.98 Å². The molecule has 5 aromatic rings. The van der Waals surface area contributed by atoms with Crippen LogP contribution in [0.25, 0.3) is 44.9 Å². The van der Waals surface area contributed by atoms with Gasteiger partial charge in [-0.15, -0.1) is 0 Å². The lowest BCUT2D eigenvalue weighted by Gasteiger charge is -2.04. The summed E-state index contributed by atoms with van der Waals surface area (Å²) in [5.41, 5.74) is 6.58. The Bertz CT molecular complexity index is 1430. The Morgan fingerprint density at radius 2 is 1.47 bits per heavy atom. The molecular formula is C24H19BrN4O. The summed E-state index contributed by atoms with van der Waals surface area (Å²) in [4.78, 5) is 20.8. The lowest BCUT2D eigenvalue weighted by molar-refractivity contribution is 0.795. The van der Waals surface area contributed by atoms with Gasteiger partial charge in [0.25, 0.3) is 0 Å². The van der Waals surface area contributed by atoms with Crippen molar-refractivity contribution >= 4 is 27.0 Å². The highest BCUT2D eigenvalue weighted by Gasteiger charge is 2.17. The lowest BCUT2D eigenvalue weighted by atomic mass is 10.0. The maximum absolute atomic E-state index is 12.3. The second-order valence-electron chi connectivity index (χ2n) is 7.29. The normalized spacial score (nSPS) is 11.3. The van der Waals surface area contributed by atoms with Crippen molar-refractivity contribution in [1.82, 2.24) is 19.1 Å². The standard InChI is InChI=1S/C24H19BrN4O/c1-28-19-13-10-17(14-20(19)29(2)24(28)30)22-21(15-6-4-3-5-7-15)26-23(27-22)16-8-11-18(25)12-9-16/h3-14H,1-2H3,(H,26,27). The smallest absolute Gasteiger partial charge is 0.328 e. The number of aryl methyl sites for hydroxylation is 2. The van der Waals surface area contributed by atoms with Gasteiger partial charge < -0.3 is 4.98 Å². The molecule has 2 aromatic heterocycles. The number of aromatic amines is 1. The molecule has 0 atom stereocenters. The van der Waals surface area contributed by atoms with E-state index in [1.807, 2.05) is 60.7 Å². The molecule has 0 fully saturated rings. The highest BCUT2D eigenvalue weighted by Crippen LogP contribution is 2.34. The Balaban J connectivity index is 1.74. The van der Waals surface area contributed by atoms with Crippen LogP contribution >= 0.6 is 15.9 Å². The van der Waals surface area contributed by atoms with E-state index < -0.39 is 0 Å². The first-order valence-corrected chi connectivity index (χ1v) is 10.4. The molecule has 0 radical (unpaired) electrons. The molecule has 1 N–H and O–H groups in total. The number of nitrogens with one attached hydrogen (secondary N) is 1. The van der Waals surface area contributed by atoms with Gasteiger partial charge in [-0.1, -0.05) is 64.5 Å². The fourth-order valence-electron chi connectivity index (χ4n) is 3.79. The molecule has 5 nitrogen and oxygen atoms in total. The van der Waals surface area contributed by atoms with Crippen molar-refractivity contribution in [3.8, 4) is 33.9 Å². The molecule has 0 bridgehead atoms. The molecule has 0 saturated carbocycles. The summed E-state index contributed by atoms with van der Waals surface area (Å²) < 4.78 is 4.36. The number of fused-ring (bicyclic) bond motifs is 1. The van der Waals surface area contributed by atoms with Crippen molar-refractivity contribution in [3.05, 3.63) is 87.8 Å². The van der Waals surface area contributed by atoms with Gasteiger partial charge in [0, 0.05) is 35.3 Å². The molecular weight excluding hydrogens is 440 g/mol. The van der Waals surface area contributed by atoms with Crippen molar-refractivity contribution in [1.29, 1.82) is 0 Å². The van der Waals surface area contributed by atoms with Gasteiger partial charge in [-0.3, -0.25) is 9.13 Å². The molecule has 2 heterocycles. The van der Waals surface area contributed by atoms with Crippen molar-refractivity contribution in [2.45, 2.75) is 0 Å². The monoisotopic (exact) mass is 458 g/mol. The van der Waals surface area contributed by atoms with E-state index in [1.54, 1.807) is 23.2 Å². The average Bonchev–Trinajstić information content (AvgIpc) is 3.31. The number of H-pyrrole nitrogens is 1. The third-order valence-corrected chi connectivity index (χ3v) is 5.96. The van der Waals surface area contributed by atoms with E-state index in [-0.39, 0.29) is 5.69 Å². The van der Waals surface area contributed by atoms with Crippen LogP contribution in [0.3, 0.4) is 0 Å². The minimum Gasteiger partial charge on any atom is -0.337 e. The molecule has 6 heteroatoms. The summed E-state index contributed by atoms with van der Waals surface area (Å²) in [6.07, 6.45) is 0. The molecule has 0 unspecified atom stereocenters. The molecule has 0 aliphatic carbocycles. The van der Waals surface area contributed by atoms with Gasteiger partial charge in [-0.05, 0) is 24.3 Å². The number of imidazole rings is 2. The van der Waals surface area contributed by atoms with Crippen molar-refractivity contribution in [3.63, 3.8) is 0 Å². The highest BCUT2D eigenvalue weighted by molar-refractivity contribution is 9.10. The third kappa shape index (κ3) is 3.00. The molecule has 3 aromatic carbocycles. The summed E-state index contributed by atoms with van der Waals surface area (Å²) in [7, 11) is 3.59. The zero-order valence-corrected chi connectivity index (χ0v) is 18.1. The van der Waals surface area contributed by atoms with E-state index in [2.05, 4.69) is 33.0 Å². The Labute approximate surface area is 181 Å². The van der Waals surface area contributed by atoms with E-state index in [9.17, 15) is 4.79 Å². The summed E-state index contributed by atoms with van der Waals surface area (Å²) in [6.45, 7) is 0. The van der Waals surface area contributed by atoms with Gasteiger partial charge >= 0.3 is 5.69 Å². The first-order valence-electron chi connectivity index (χ1n) is 9.60. The topological polar surface area (TPSA) is 55.6 Å². The fraction of sp³-hybridized carbons (Fsp3) is 0.0833. The Kier molecular flexibility index (Phi) is 4.44. The number of benzene rings is 3. The highest BCUT2D eigenvalue weighted by atomic mass is 79.9. The first-order chi connectivity index (χ1) is 14.5. The molecule has 0 amide bonds. The predicted octanol–water partition coefficient (Wildman–Crippen LogP) is 5.36. The number of aromatic nitrogens is 4. The Morgan fingerprint density at radius 3 is 2.20 bits per heavy atom. The van der Waals surface area contributed by atoms with E-state index >= 15 is 0 Å². The molecule has 0 saturated heterocycles. The summed E-state index contributed by atoms with van der Waals surface area (Å²) in [6, 6.07) is 24.3. The Hall–Kier alpha value is -3.38. The minimum absolute atomic E-state index is 0.0389. The zero-order valence-electron chi connectivity index (χ0n) is 16.6. The maximum atomic E-state index is 12.3. The van der Waals surface area contributed by atoms with E-state index in [1.165, 1.54) is 0 Å². The Morgan fingerprint density at radius 1 is 0.800 bits per heavy atom. The number of halogens is 1. The van der Waals surface area contributed by atoms with Crippen LogP contribution in [0.5, 0.6) is 0 Å². The van der Waals surface area contributed by atoms with Crippen molar-refractivity contribution in [2.24, 2.45) is 14.1 Å². The average molecular weight is 459 g/mol. The van der Waals surface area contributed by atoms with Crippen LogP contribution in [0.15, 0.2) is 82.1 Å². The number of hydrogen-bond acceptors (Lipinski definition) is 2. The molecule has 5 rings (SSSR count). The SMILES string of the molecule is Cn1c(=O)n(C)c2cc(-c3nc(-c4ccc(Br)cc4)[nH]c3-c3ccccc3)ccc21. The van der Waals surface area contributed by atoms with Crippen LogP contribution in [0.4, 0.5) is 0 Å². The van der Waals surface area contributed by atoms with E-state index in [0.717, 1.165) is 49.4 Å². The number of nitrogens with zero attached hydrogens (tertiary/aromatic N) is 3. The number of rotatable bonds is 3. The van der Waals surface area contributed by atoms with Gasteiger partial charge in [-0.2, -0.15) is 0 Å². The third-order valence-electron chi connectivity index (χ3n) is 5.43. The second kappa shape index (κ2) is 7.15. The molecule has 0 spiro atoms. The van der Waals surface area contributed by atoms with Gasteiger partial charge in [0.2, 0.25) is 0 Å². The van der Waals surface area contributed by atoms with Crippen LogP contribution in [-0.2, 0) is 14.1 Å². The lowest BCUT2D eigenvalue weighted by Crippen LogP contribution is -2.19. The summed E-state index contributed by atoms with van der Waals surface area (Å²) in [5.74, 6) is 0.804. The molecule has 30 heavy (non-hydrogen) atoms. The van der Waals surface area contributed by atoms with Crippen LogP contribution in [0.2, 0.25) is 0 Å².